The smallest absolute Gasteiger partial charge is 0.325 e. The first-order valence-corrected chi connectivity index (χ1v) is 7.67. The molecule has 0 unspecified atom stereocenters. The Morgan fingerprint density at radius 3 is 2.50 bits per heavy atom. The first kappa shape index (κ1) is 15.0. The van der Waals surface area contributed by atoms with Crippen LogP contribution in [0.25, 0.3) is 16.8 Å². The number of halogens is 4. The van der Waals surface area contributed by atoms with Gasteiger partial charge >= 0.3 is 6.18 Å². The van der Waals surface area contributed by atoms with Gasteiger partial charge in [-0.1, -0.05) is 15.9 Å². The zero-order valence-corrected chi connectivity index (χ0v) is 13.5. The predicted molar refractivity (Wildman–Crippen MR) is 87.3 cm³/mol. The highest BCUT2D eigenvalue weighted by molar-refractivity contribution is 9.10. The third kappa shape index (κ3) is 2.60. The van der Waals surface area contributed by atoms with Crippen molar-refractivity contribution in [2.24, 2.45) is 0 Å². The molecule has 0 saturated carbocycles. The van der Waals surface area contributed by atoms with Gasteiger partial charge in [-0.15, -0.1) is 0 Å². The number of rotatable bonds is 2. The third-order valence-corrected chi connectivity index (χ3v) is 4.00. The summed E-state index contributed by atoms with van der Waals surface area (Å²) in [6.07, 6.45) is -4.35. The van der Waals surface area contributed by atoms with Crippen molar-refractivity contribution in [3.05, 3.63) is 52.5 Å². The molecule has 0 amide bonds. The van der Waals surface area contributed by atoms with Crippen LogP contribution >= 0.6 is 15.9 Å². The summed E-state index contributed by atoms with van der Waals surface area (Å²) in [6.45, 7) is 0. The molecule has 122 valence electrons. The Hall–Kier alpha value is -2.55. The Labute approximate surface area is 141 Å². The summed E-state index contributed by atoms with van der Waals surface area (Å²) in [5.74, 6) is 0.861. The second kappa shape index (κ2) is 5.23. The maximum absolute atomic E-state index is 12.6. The molecule has 0 saturated heterocycles. The molecule has 0 radical (unpaired) electrons. The molecule has 0 aliphatic heterocycles. The van der Waals surface area contributed by atoms with Crippen LogP contribution < -0.4 is 5.32 Å². The van der Waals surface area contributed by atoms with Crippen LogP contribution in [0.3, 0.4) is 0 Å². The van der Waals surface area contributed by atoms with E-state index in [1.807, 2.05) is 18.2 Å². The van der Waals surface area contributed by atoms with Gasteiger partial charge in [-0.25, -0.2) is 9.50 Å². The summed E-state index contributed by atoms with van der Waals surface area (Å²) >= 11 is 3.38. The zero-order valence-electron chi connectivity index (χ0n) is 11.9. The maximum atomic E-state index is 12.6. The lowest BCUT2D eigenvalue weighted by Crippen LogP contribution is -2.04. The highest BCUT2D eigenvalue weighted by Crippen LogP contribution is 2.30. The number of aromatic amines is 1. The molecule has 0 bridgehead atoms. The fourth-order valence-corrected chi connectivity index (χ4v) is 2.74. The second-order valence-electron chi connectivity index (χ2n) is 5.15. The van der Waals surface area contributed by atoms with E-state index in [0.29, 0.717) is 17.4 Å². The quantitative estimate of drug-likeness (QED) is 0.515. The first-order valence-electron chi connectivity index (χ1n) is 6.88. The lowest BCUT2D eigenvalue weighted by molar-refractivity contribution is -0.137. The topological polar surface area (TPSA) is 58.0 Å². The van der Waals surface area contributed by atoms with Gasteiger partial charge in [-0.2, -0.15) is 18.2 Å². The summed E-state index contributed by atoms with van der Waals surface area (Å²) in [6, 6.07) is 10.4. The van der Waals surface area contributed by atoms with Crippen LogP contribution in [-0.2, 0) is 6.18 Å². The summed E-state index contributed by atoms with van der Waals surface area (Å²) in [7, 11) is 0. The molecule has 9 heteroatoms. The second-order valence-corrected chi connectivity index (χ2v) is 6.07. The monoisotopic (exact) mass is 395 g/mol. The Kier molecular flexibility index (Phi) is 3.27. The van der Waals surface area contributed by atoms with Gasteiger partial charge in [-0.3, -0.25) is 5.10 Å². The number of nitrogens with one attached hydrogen (secondary N) is 2. The first-order chi connectivity index (χ1) is 11.4. The van der Waals surface area contributed by atoms with Crippen molar-refractivity contribution in [3.63, 3.8) is 0 Å². The molecule has 24 heavy (non-hydrogen) atoms. The van der Waals surface area contributed by atoms with Gasteiger partial charge in [0, 0.05) is 10.2 Å². The van der Waals surface area contributed by atoms with E-state index in [2.05, 4.69) is 36.3 Å². The van der Waals surface area contributed by atoms with E-state index in [0.717, 1.165) is 27.6 Å². The number of hydrogen-bond donors (Lipinski definition) is 2. The van der Waals surface area contributed by atoms with Crippen LogP contribution in [0.4, 0.5) is 24.8 Å². The average molecular weight is 396 g/mol. The van der Waals surface area contributed by atoms with Crippen LogP contribution in [0.5, 0.6) is 0 Å². The average Bonchev–Trinajstić information content (AvgIpc) is 3.03. The molecule has 4 rings (SSSR count). The van der Waals surface area contributed by atoms with Gasteiger partial charge in [-0.05, 0) is 42.5 Å². The van der Waals surface area contributed by atoms with E-state index < -0.39 is 11.7 Å². The number of imidazole rings is 1. The molecule has 2 aromatic heterocycles. The molecule has 0 aliphatic carbocycles. The van der Waals surface area contributed by atoms with Crippen LogP contribution in [0.15, 0.2) is 46.9 Å². The van der Waals surface area contributed by atoms with E-state index in [-0.39, 0.29) is 0 Å². The standard InChI is InChI=1S/C15H9BrF3N5/c16-9-3-6-12-11(7-9)21-14-22-13(23-24(12)14)20-10-4-1-8(2-5-10)15(17,18)19/h1-7H,(H2,20,21,22,23). The van der Waals surface area contributed by atoms with E-state index in [1.165, 1.54) is 12.1 Å². The van der Waals surface area contributed by atoms with Crippen molar-refractivity contribution in [2.75, 3.05) is 5.32 Å². The van der Waals surface area contributed by atoms with Gasteiger partial charge in [0.2, 0.25) is 5.95 Å². The number of fused-ring (bicyclic) bond motifs is 3. The minimum absolute atomic E-state index is 0.391. The number of hydrogen-bond acceptors (Lipinski definition) is 3. The summed E-state index contributed by atoms with van der Waals surface area (Å²) in [4.78, 5) is 8.68. The van der Waals surface area contributed by atoms with Crippen molar-refractivity contribution in [1.29, 1.82) is 0 Å². The van der Waals surface area contributed by atoms with E-state index in [4.69, 9.17) is 0 Å². The normalized spacial score (nSPS) is 12.2. The van der Waals surface area contributed by atoms with Crippen molar-refractivity contribution in [2.45, 2.75) is 6.18 Å². The van der Waals surface area contributed by atoms with Crippen molar-refractivity contribution in [1.82, 2.24) is 19.6 Å². The Balaban J connectivity index is 1.65. The van der Waals surface area contributed by atoms with Crippen molar-refractivity contribution in [3.8, 4) is 0 Å². The van der Waals surface area contributed by atoms with Gasteiger partial charge in [0.05, 0.1) is 16.6 Å². The van der Waals surface area contributed by atoms with E-state index in [1.54, 1.807) is 4.52 Å². The molecule has 0 fully saturated rings. The molecular weight excluding hydrogens is 387 g/mol. The fraction of sp³-hybridized carbons (Fsp3) is 0.0667. The van der Waals surface area contributed by atoms with Gasteiger partial charge < -0.3 is 5.32 Å². The van der Waals surface area contributed by atoms with Gasteiger partial charge in [0.15, 0.2) is 0 Å². The third-order valence-electron chi connectivity index (χ3n) is 3.50. The molecule has 0 aliphatic rings. The molecule has 2 N–H and O–H groups in total. The minimum Gasteiger partial charge on any atom is -0.325 e. The molecule has 4 aromatic rings. The Bertz CT molecular complexity index is 1030. The maximum Gasteiger partial charge on any atom is 0.416 e. The lowest BCUT2D eigenvalue weighted by atomic mass is 10.2. The van der Waals surface area contributed by atoms with Gasteiger partial charge in [0.25, 0.3) is 5.78 Å². The van der Waals surface area contributed by atoms with Crippen LogP contribution in [-0.4, -0.2) is 19.6 Å². The zero-order chi connectivity index (χ0) is 16.9. The van der Waals surface area contributed by atoms with Crippen LogP contribution in [0.2, 0.25) is 0 Å². The van der Waals surface area contributed by atoms with Crippen molar-refractivity contribution < 1.29 is 13.2 Å². The number of nitrogens with zero attached hydrogens (tertiary/aromatic N) is 3. The molecule has 2 heterocycles. The Morgan fingerprint density at radius 2 is 1.79 bits per heavy atom. The van der Waals surface area contributed by atoms with E-state index >= 15 is 0 Å². The highest BCUT2D eigenvalue weighted by atomic mass is 79.9. The largest absolute Gasteiger partial charge is 0.416 e. The lowest BCUT2D eigenvalue weighted by Gasteiger charge is -2.07. The SMILES string of the molecule is FC(F)(F)c1ccc(Nc2nc3nc4cc(Br)ccc4n3[nH]2)cc1. The summed E-state index contributed by atoms with van der Waals surface area (Å²) in [5, 5.41) is 5.96. The predicted octanol–water partition coefficient (Wildman–Crippen LogP) is 4.74. The number of H-pyrrole nitrogens is 1. The summed E-state index contributed by atoms with van der Waals surface area (Å²) < 4.78 is 40.3. The van der Waals surface area contributed by atoms with Crippen molar-refractivity contribution >= 4 is 44.4 Å². The molecule has 5 nitrogen and oxygen atoms in total. The summed E-state index contributed by atoms with van der Waals surface area (Å²) in [5.41, 5.74) is 1.43. The number of benzene rings is 2. The van der Waals surface area contributed by atoms with Crippen LogP contribution in [0.1, 0.15) is 5.56 Å². The number of aromatic nitrogens is 4. The number of anilines is 2. The number of alkyl halides is 3. The minimum atomic E-state index is -4.35. The molecule has 2 aromatic carbocycles. The molecule has 0 spiro atoms. The Morgan fingerprint density at radius 1 is 1.04 bits per heavy atom. The highest BCUT2D eigenvalue weighted by Gasteiger charge is 2.29. The van der Waals surface area contributed by atoms with E-state index in [9.17, 15) is 13.2 Å². The molecular formula is C15H9BrF3N5. The fourth-order valence-electron chi connectivity index (χ4n) is 2.39. The van der Waals surface area contributed by atoms with Crippen LogP contribution in [0, 0.1) is 0 Å². The molecule has 0 atom stereocenters. The van der Waals surface area contributed by atoms with Gasteiger partial charge in [0.1, 0.15) is 0 Å².